The van der Waals surface area contributed by atoms with Crippen molar-refractivity contribution in [2.75, 3.05) is 39.5 Å². The molecule has 1 aliphatic heterocycles. The van der Waals surface area contributed by atoms with Crippen LogP contribution in [0.1, 0.15) is 29.8 Å². The number of carbonyl (C=O) groups is 1. The van der Waals surface area contributed by atoms with Crippen LogP contribution in [0.5, 0.6) is 5.75 Å². The first-order valence-corrected chi connectivity index (χ1v) is 11.0. The molecular weight excluding hydrogens is 384 g/mol. The average molecular weight is 415 g/mol. The molecule has 2 aromatic rings. The molecule has 0 saturated carbocycles. The number of amides is 1. The zero-order valence-corrected chi connectivity index (χ0v) is 18.0. The van der Waals surface area contributed by atoms with Crippen molar-refractivity contribution in [1.29, 1.82) is 0 Å². The first-order valence-electron chi connectivity index (χ1n) is 10.2. The first-order chi connectivity index (χ1) is 14.1. The Bertz CT molecular complexity index is 774. The van der Waals surface area contributed by atoms with Crippen LogP contribution in [0.25, 0.3) is 0 Å². The van der Waals surface area contributed by atoms with Gasteiger partial charge in [0, 0.05) is 41.9 Å². The SMILES string of the molecule is CC(C)Sc1ccc(C(=O)NCc2cccc(OCCN3CCOCC3)c2)cc1. The number of hydrogen-bond donors (Lipinski definition) is 1. The van der Waals surface area contributed by atoms with Crippen LogP contribution in [-0.2, 0) is 11.3 Å². The number of morpholine rings is 1. The van der Waals surface area contributed by atoms with Crippen LogP contribution < -0.4 is 10.1 Å². The summed E-state index contributed by atoms with van der Waals surface area (Å²) in [6.07, 6.45) is 0. The Kier molecular flexibility index (Phi) is 8.40. The summed E-state index contributed by atoms with van der Waals surface area (Å²) in [6.45, 7) is 9.87. The molecule has 0 atom stereocenters. The molecule has 0 spiro atoms. The summed E-state index contributed by atoms with van der Waals surface area (Å²) in [5, 5.41) is 3.51. The maximum Gasteiger partial charge on any atom is 0.251 e. The van der Waals surface area contributed by atoms with Crippen LogP contribution in [0.4, 0.5) is 0 Å². The molecule has 1 fully saturated rings. The lowest BCUT2D eigenvalue weighted by Gasteiger charge is -2.26. The summed E-state index contributed by atoms with van der Waals surface area (Å²) in [5.74, 6) is 0.768. The highest BCUT2D eigenvalue weighted by molar-refractivity contribution is 7.99. The quantitative estimate of drug-likeness (QED) is 0.632. The summed E-state index contributed by atoms with van der Waals surface area (Å²) in [7, 11) is 0. The third-order valence-corrected chi connectivity index (χ3v) is 5.64. The fourth-order valence-electron chi connectivity index (χ4n) is 3.10. The predicted octanol–water partition coefficient (Wildman–Crippen LogP) is 3.83. The van der Waals surface area contributed by atoms with E-state index in [1.165, 1.54) is 4.90 Å². The number of nitrogens with zero attached hydrogens (tertiary/aromatic N) is 1. The summed E-state index contributed by atoms with van der Waals surface area (Å²) >= 11 is 1.79. The third-order valence-electron chi connectivity index (χ3n) is 4.62. The molecule has 0 radical (unpaired) electrons. The minimum atomic E-state index is -0.0651. The van der Waals surface area contributed by atoms with Gasteiger partial charge in [0.05, 0.1) is 13.2 Å². The normalized spacial score (nSPS) is 14.7. The lowest BCUT2D eigenvalue weighted by molar-refractivity contribution is 0.0322. The zero-order chi connectivity index (χ0) is 20.5. The van der Waals surface area contributed by atoms with Crippen molar-refractivity contribution in [1.82, 2.24) is 10.2 Å². The van der Waals surface area contributed by atoms with Crippen LogP contribution in [0.15, 0.2) is 53.4 Å². The number of ether oxygens (including phenoxy) is 2. The van der Waals surface area contributed by atoms with E-state index in [4.69, 9.17) is 9.47 Å². The maximum atomic E-state index is 12.4. The number of hydrogen-bond acceptors (Lipinski definition) is 5. The van der Waals surface area contributed by atoms with Crippen LogP contribution in [0, 0.1) is 0 Å². The van der Waals surface area contributed by atoms with E-state index in [2.05, 4.69) is 24.1 Å². The summed E-state index contributed by atoms with van der Waals surface area (Å²) in [6, 6.07) is 15.7. The molecule has 1 aliphatic rings. The number of rotatable bonds is 9. The van der Waals surface area contributed by atoms with Crippen LogP contribution >= 0.6 is 11.8 Å². The monoisotopic (exact) mass is 414 g/mol. The lowest BCUT2D eigenvalue weighted by Crippen LogP contribution is -2.38. The number of benzene rings is 2. The Morgan fingerprint density at radius 1 is 1.17 bits per heavy atom. The van der Waals surface area contributed by atoms with Crippen molar-refractivity contribution in [2.45, 2.75) is 30.5 Å². The Morgan fingerprint density at radius 2 is 1.93 bits per heavy atom. The highest BCUT2D eigenvalue weighted by atomic mass is 32.2. The fourth-order valence-corrected chi connectivity index (χ4v) is 3.94. The smallest absolute Gasteiger partial charge is 0.251 e. The molecular formula is C23H30N2O3S. The van der Waals surface area contributed by atoms with Crippen molar-refractivity contribution in [3.05, 3.63) is 59.7 Å². The molecule has 1 heterocycles. The molecule has 0 unspecified atom stereocenters. The van der Waals surface area contributed by atoms with Gasteiger partial charge in [0.1, 0.15) is 12.4 Å². The van der Waals surface area contributed by atoms with E-state index >= 15 is 0 Å². The van der Waals surface area contributed by atoms with Crippen molar-refractivity contribution >= 4 is 17.7 Å². The second kappa shape index (κ2) is 11.2. The Morgan fingerprint density at radius 3 is 2.66 bits per heavy atom. The van der Waals surface area contributed by atoms with Gasteiger partial charge in [-0.25, -0.2) is 0 Å². The summed E-state index contributed by atoms with van der Waals surface area (Å²) < 4.78 is 11.2. The maximum absolute atomic E-state index is 12.4. The second-order valence-electron chi connectivity index (χ2n) is 7.32. The van der Waals surface area contributed by atoms with Crippen molar-refractivity contribution < 1.29 is 14.3 Å². The Hall–Kier alpha value is -2.02. The highest BCUT2D eigenvalue weighted by Crippen LogP contribution is 2.23. The third kappa shape index (κ3) is 7.38. The molecule has 2 aromatic carbocycles. The summed E-state index contributed by atoms with van der Waals surface area (Å²) in [4.78, 5) is 15.9. The van der Waals surface area contributed by atoms with E-state index in [1.807, 2.05) is 48.5 Å². The van der Waals surface area contributed by atoms with Crippen molar-refractivity contribution in [2.24, 2.45) is 0 Å². The van der Waals surface area contributed by atoms with Crippen LogP contribution in [0.2, 0.25) is 0 Å². The zero-order valence-electron chi connectivity index (χ0n) is 17.2. The Balaban J connectivity index is 1.45. The molecule has 1 amide bonds. The second-order valence-corrected chi connectivity index (χ2v) is 8.97. The van der Waals surface area contributed by atoms with Gasteiger partial charge >= 0.3 is 0 Å². The largest absolute Gasteiger partial charge is 0.492 e. The van der Waals surface area contributed by atoms with Crippen LogP contribution in [0.3, 0.4) is 0 Å². The molecule has 1 N–H and O–H groups in total. The molecule has 6 heteroatoms. The Labute approximate surface area is 177 Å². The van der Waals surface area contributed by atoms with Crippen LogP contribution in [-0.4, -0.2) is 55.5 Å². The number of thioether (sulfide) groups is 1. The molecule has 3 rings (SSSR count). The van der Waals surface area contributed by atoms with Crippen molar-refractivity contribution in [3.8, 4) is 5.75 Å². The van der Waals surface area contributed by atoms with E-state index in [9.17, 15) is 4.79 Å². The van der Waals surface area contributed by atoms with E-state index in [0.717, 1.165) is 44.2 Å². The topological polar surface area (TPSA) is 50.8 Å². The fraction of sp³-hybridized carbons (Fsp3) is 0.435. The van der Waals surface area contributed by atoms with Gasteiger partial charge in [-0.2, -0.15) is 0 Å². The van der Waals surface area contributed by atoms with E-state index < -0.39 is 0 Å². The molecule has 0 aliphatic carbocycles. The molecule has 0 aromatic heterocycles. The molecule has 29 heavy (non-hydrogen) atoms. The van der Waals surface area contributed by atoms with Gasteiger partial charge in [-0.15, -0.1) is 11.8 Å². The minimum absolute atomic E-state index is 0.0651. The average Bonchev–Trinajstić information content (AvgIpc) is 2.73. The van der Waals surface area contributed by atoms with Gasteiger partial charge in [0.25, 0.3) is 5.91 Å². The molecule has 0 bridgehead atoms. The number of nitrogens with one attached hydrogen (secondary N) is 1. The lowest BCUT2D eigenvalue weighted by atomic mass is 10.2. The van der Waals surface area contributed by atoms with E-state index in [1.54, 1.807) is 11.8 Å². The molecule has 5 nitrogen and oxygen atoms in total. The molecule has 156 valence electrons. The van der Waals surface area contributed by atoms with Gasteiger partial charge in [-0.1, -0.05) is 26.0 Å². The standard InChI is InChI=1S/C23H30N2O3S/c1-18(2)29-22-8-6-20(7-9-22)23(26)24-17-19-4-3-5-21(16-19)28-15-12-25-10-13-27-14-11-25/h3-9,16,18H,10-15,17H2,1-2H3,(H,24,26). The predicted molar refractivity (Wildman–Crippen MR) is 118 cm³/mol. The highest BCUT2D eigenvalue weighted by Gasteiger charge is 2.10. The van der Waals surface area contributed by atoms with Gasteiger partial charge in [0.2, 0.25) is 0 Å². The molecule has 1 saturated heterocycles. The summed E-state index contributed by atoms with van der Waals surface area (Å²) in [5.41, 5.74) is 1.70. The first kappa shape index (κ1) is 21.7. The van der Waals surface area contributed by atoms with E-state index in [0.29, 0.717) is 24.0 Å². The van der Waals surface area contributed by atoms with Gasteiger partial charge in [0.15, 0.2) is 0 Å². The van der Waals surface area contributed by atoms with Crippen molar-refractivity contribution in [3.63, 3.8) is 0 Å². The van der Waals surface area contributed by atoms with Gasteiger partial charge < -0.3 is 14.8 Å². The minimum Gasteiger partial charge on any atom is -0.492 e. The van der Waals surface area contributed by atoms with Gasteiger partial charge in [-0.05, 0) is 42.0 Å². The van der Waals surface area contributed by atoms with Gasteiger partial charge in [-0.3, -0.25) is 9.69 Å². The number of carbonyl (C=O) groups excluding carboxylic acids is 1. The van der Waals surface area contributed by atoms with E-state index in [-0.39, 0.29) is 5.91 Å².